The van der Waals surface area contributed by atoms with Crippen LogP contribution >= 0.6 is 0 Å². The van der Waals surface area contributed by atoms with Gasteiger partial charge in [0.05, 0.1) is 20.8 Å². The van der Waals surface area contributed by atoms with E-state index in [0.717, 1.165) is 4.90 Å². The number of methoxy groups -OCH3 is 2. The molecule has 1 aliphatic rings. The third-order valence-corrected chi connectivity index (χ3v) is 4.25. The van der Waals surface area contributed by atoms with Crippen molar-refractivity contribution in [1.82, 2.24) is 10.2 Å². The third-order valence-electron chi connectivity index (χ3n) is 4.25. The summed E-state index contributed by atoms with van der Waals surface area (Å²) in [6.45, 7) is -0.141. The lowest BCUT2D eigenvalue weighted by atomic mass is 10.1. The Morgan fingerprint density at radius 1 is 1.07 bits per heavy atom. The fraction of sp³-hybridized carbons (Fsp3) is 0.150. The number of amides is 4. The largest absolute Gasteiger partial charge is 0.502 e. The summed E-state index contributed by atoms with van der Waals surface area (Å²) < 4.78 is 23.2. The van der Waals surface area contributed by atoms with Crippen LogP contribution in [0.5, 0.6) is 17.2 Å². The van der Waals surface area contributed by atoms with Gasteiger partial charge in [-0.05, 0) is 41.5 Å². The molecule has 4 amide bonds. The Bertz CT molecular complexity index is 991. The van der Waals surface area contributed by atoms with Crippen molar-refractivity contribution in [2.45, 2.75) is 6.54 Å². The Morgan fingerprint density at radius 3 is 2.21 bits per heavy atom. The molecule has 2 aromatic carbocycles. The van der Waals surface area contributed by atoms with E-state index < -0.39 is 23.7 Å². The molecule has 0 radical (unpaired) electrons. The molecule has 29 heavy (non-hydrogen) atoms. The lowest BCUT2D eigenvalue weighted by molar-refractivity contribution is -0.130. The molecule has 1 saturated heterocycles. The summed E-state index contributed by atoms with van der Waals surface area (Å²) in [5.41, 5.74) is 0.559. The maximum atomic E-state index is 13.1. The van der Waals surface area contributed by atoms with Crippen molar-refractivity contribution >= 4 is 23.9 Å². The number of carbonyl (C=O) groups is 3. The number of ether oxygens (including phenoxy) is 2. The van der Waals surface area contributed by atoms with Crippen molar-refractivity contribution in [2.75, 3.05) is 14.2 Å². The van der Waals surface area contributed by atoms with Gasteiger partial charge in [0, 0.05) is 0 Å². The van der Waals surface area contributed by atoms with Gasteiger partial charge in [-0.1, -0.05) is 12.1 Å². The smallest absolute Gasteiger partial charge is 0.331 e. The Labute approximate surface area is 165 Å². The molecule has 0 aliphatic carbocycles. The summed E-state index contributed by atoms with van der Waals surface area (Å²) in [6, 6.07) is 7.23. The molecule has 0 saturated carbocycles. The number of phenolic OH excluding ortho intramolecular Hbond substituents is 1. The van der Waals surface area contributed by atoms with Crippen LogP contribution in [0.25, 0.3) is 6.08 Å². The van der Waals surface area contributed by atoms with E-state index in [-0.39, 0.29) is 29.4 Å². The number of carbonyl (C=O) groups excluding carboxylic acids is 3. The van der Waals surface area contributed by atoms with E-state index in [2.05, 4.69) is 5.32 Å². The summed E-state index contributed by atoms with van der Waals surface area (Å²) in [4.78, 5) is 38.0. The molecule has 2 N–H and O–H groups in total. The first-order valence-electron chi connectivity index (χ1n) is 8.42. The average Bonchev–Trinajstić information content (AvgIpc) is 2.70. The number of nitrogens with one attached hydrogen (secondary N) is 1. The number of imide groups is 2. The molecular formula is C20H17FN2O6. The number of urea groups is 1. The Hall–Kier alpha value is -3.88. The molecule has 2 aromatic rings. The fourth-order valence-electron chi connectivity index (χ4n) is 2.77. The molecule has 1 heterocycles. The lowest BCUT2D eigenvalue weighted by Crippen LogP contribution is -2.53. The van der Waals surface area contributed by atoms with Crippen molar-refractivity contribution in [3.05, 3.63) is 58.9 Å². The molecule has 0 spiro atoms. The Kier molecular flexibility index (Phi) is 5.49. The highest BCUT2D eigenvalue weighted by Gasteiger charge is 2.35. The minimum absolute atomic E-state index is 0.0825. The molecule has 1 aliphatic heterocycles. The van der Waals surface area contributed by atoms with Crippen LogP contribution in [0.1, 0.15) is 11.1 Å². The quantitative estimate of drug-likeness (QED) is 0.589. The number of halogens is 1. The van der Waals surface area contributed by atoms with Gasteiger partial charge in [0.15, 0.2) is 11.5 Å². The molecule has 1 fully saturated rings. The third kappa shape index (κ3) is 4.03. The van der Waals surface area contributed by atoms with Gasteiger partial charge in [-0.25, -0.2) is 9.18 Å². The van der Waals surface area contributed by atoms with E-state index in [1.165, 1.54) is 56.7 Å². The molecule has 0 unspecified atom stereocenters. The fourth-order valence-corrected chi connectivity index (χ4v) is 2.77. The second-order valence-corrected chi connectivity index (χ2v) is 6.11. The van der Waals surface area contributed by atoms with Crippen molar-refractivity contribution < 1.29 is 33.4 Å². The van der Waals surface area contributed by atoms with Gasteiger partial charge in [0.25, 0.3) is 11.8 Å². The highest BCUT2D eigenvalue weighted by Crippen LogP contribution is 2.37. The number of phenols is 1. The highest BCUT2D eigenvalue weighted by atomic mass is 19.1. The highest BCUT2D eigenvalue weighted by molar-refractivity contribution is 6.31. The maximum absolute atomic E-state index is 13.1. The predicted molar refractivity (Wildman–Crippen MR) is 99.7 cm³/mol. The predicted octanol–water partition coefficient (Wildman–Crippen LogP) is 2.21. The molecule has 3 rings (SSSR count). The number of hydrogen-bond acceptors (Lipinski definition) is 6. The van der Waals surface area contributed by atoms with Crippen LogP contribution < -0.4 is 14.8 Å². The molecule has 8 nitrogen and oxygen atoms in total. The van der Waals surface area contributed by atoms with Gasteiger partial charge >= 0.3 is 6.03 Å². The summed E-state index contributed by atoms with van der Waals surface area (Å²) in [5.74, 6) is -2.19. The zero-order chi connectivity index (χ0) is 21.1. The van der Waals surface area contributed by atoms with Gasteiger partial charge < -0.3 is 14.6 Å². The van der Waals surface area contributed by atoms with Crippen molar-refractivity contribution in [2.24, 2.45) is 0 Å². The number of hydrogen-bond donors (Lipinski definition) is 2. The molecule has 150 valence electrons. The van der Waals surface area contributed by atoms with Crippen LogP contribution in [0.15, 0.2) is 42.0 Å². The molecule has 0 atom stereocenters. The van der Waals surface area contributed by atoms with Gasteiger partial charge in [0.2, 0.25) is 5.75 Å². The maximum Gasteiger partial charge on any atom is 0.331 e. The summed E-state index contributed by atoms with van der Waals surface area (Å²) >= 11 is 0. The van der Waals surface area contributed by atoms with Gasteiger partial charge in [-0.3, -0.25) is 19.8 Å². The zero-order valence-corrected chi connectivity index (χ0v) is 15.6. The first-order valence-corrected chi connectivity index (χ1v) is 8.42. The van der Waals surface area contributed by atoms with Crippen LogP contribution in [0.3, 0.4) is 0 Å². The summed E-state index contributed by atoms with van der Waals surface area (Å²) in [5, 5.41) is 12.1. The lowest BCUT2D eigenvalue weighted by Gasteiger charge is -2.26. The monoisotopic (exact) mass is 400 g/mol. The van der Waals surface area contributed by atoms with Crippen LogP contribution in [-0.2, 0) is 16.1 Å². The van der Waals surface area contributed by atoms with E-state index in [0.29, 0.717) is 11.1 Å². The first-order chi connectivity index (χ1) is 13.8. The molecule has 9 heteroatoms. The summed E-state index contributed by atoms with van der Waals surface area (Å²) in [6.07, 6.45) is 1.26. The average molecular weight is 400 g/mol. The van der Waals surface area contributed by atoms with Crippen molar-refractivity contribution in [3.63, 3.8) is 0 Å². The minimum Gasteiger partial charge on any atom is -0.502 e. The molecule has 0 aromatic heterocycles. The topological polar surface area (TPSA) is 105 Å². The van der Waals surface area contributed by atoms with Gasteiger partial charge in [0.1, 0.15) is 11.4 Å². The van der Waals surface area contributed by atoms with Crippen LogP contribution in [0.2, 0.25) is 0 Å². The second kappa shape index (κ2) is 8.01. The van der Waals surface area contributed by atoms with E-state index in [9.17, 15) is 23.9 Å². The number of rotatable bonds is 5. The number of benzene rings is 2. The number of aromatic hydroxyl groups is 1. The molecule has 0 bridgehead atoms. The van der Waals surface area contributed by atoms with Gasteiger partial charge in [-0.15, -0.1) is 0 Å². The van der Waals surface area contributed by atoms with Crippen LogP contribution in [-0.4, -0.2) is 42.1 Å². The standard InChI is InChI=1S/C20H17FN2O6/c1-28-15-8-12(9-16(29-2)17(15)24)7-14-18(25)22-20(27)23(19(14)26)10-11-3-5-13(21)6-4-11/h3-9,24H,10H2,1-2H3,(H,22,25,27)/b14-7-. The van der Waals surface area contributed by atoms with E-state index in [1.807, 2.05) is 0 Å². The number of barbiturate groups is 1. The minimum atomic E-state index is -0.873. The van der Waals surface area contributed by atoms with E-state index >= 15 is 0 Å². The first kappa shape index (κ1) is 19.9. The van der Waals surface area contributed by atoms with Crippen molar-refractivity contribution in [1.29, 1.82) is 0 Å². The normalized spacial score (nSPS) is 15.5. The van der Waals surface area contributed by atoms with Crippen LogP contribution in [0, 0.1) is 5.82 Å². The van der Waals surface area contributed by atoms with Crippen molar-refractivity contribution in [3.8, 4) is 17.2 Å². The molecular weight excluding hydrogens is 383 g/mol. The van der Waals surface area contributed by atoms with E-state index in [4.69, 9.17) is 9.47 Å². The number of nitrogens with zero attached hydrogens (tertiary/aromatic N) is 1. The summed E-state index contributed by atoms with van der Waals surface area (Å²) in [7, 11) is 2.68. The van der Waals surface area contributed by atoms with Gasteiger partial charge in [-0.2, -0.15) is 0 Å². The zero-order valence-electron chi connectivity index (χ0n) is 15.6. The Morgan fingerprint density at radius 2 is 1.66 bits per heavy atom. The Balaban J connectivity index is 1.96. The van der Waals surface area contributed by atoms with E-state index in [1.54, 1.807) is 0 Å². The second-order valence-electron chi connectivity index (χ2n) is 6.11. The SMILES string of the molecule is COc1cc(/C=C2/C(=O)NC(=O)N(Cc3ccc(F)cc3)C2=O)cc(OC)c1O. The van der Waals surface area contributed by atoms with Crippen LogP contribution in [0.4, 0.5) is 9.18 Å².